The molecular formula is C26H28F4N2O5S. The molecule has 4 rings (SSSR count). The number of hydrogen-bond donors (Lipinski definition) is 1. The van der Waals surface area contributed by atoms with Crippen LogP contribution in [0, 0.1) is 11.7 Å². The van der Waals surface area contributed by atoms with Crippen LogP contribution in [0.1, 0.15) is 53.7 Å². The third kappa shape index (κ3) is 5.70. The minimum Gasteiger partial charge on any atom is -0.381 e. The molecule has 12 heteroatoms. The lowest BCUT2D eigenvalue weighted by Crippen LogP contribution is -2.51. The van der Waals surface area contributed by atoms with Crippen molar-refractivity contribution >= 4 is 21.7 Å². The number of ether oxygens (including phenoxy) is 1. The lowest BCUT2D eigenvalue weighted by atomic mass is 9.90. The lowest BCUT2D eigenvalue weighted by molar-refractivity contribution is -0.140. The summed E-state index contributed by atoms with van der Waals surface area (Å²) in [4.78, 5) is 28.4. The topological polar surface area (TPSA) is 92.8 Å². The van der Waals surface area contributed by atoms with Crippen LogP contribution in [0.5, 0.6) is 0 Å². The maximum atomic E-state index is 14.3. The van der Waals surface area contributed by atoms with Crippen LogP contribution in [0.15, 0.2) is 47.4 Å². The molecule has 38 heavy (non-hydrogen) atoms. The fourth-order valence-electron chi connectivity index (χ4n) is 4.98. The predicted molar refractivity (Wildman–Crippen MR) is 129 cm³/mol. The molecule has 0 radical (unpaired) electrons. The predicted octanol–water partition coefficient (Wildman–Crippen LogP) is 4.14. The summed E-state index contributed by atoms with van der Waals surface area (Å²) in [6, 6.07) is 6.18. The molecule has 3 atom stereocenters. The van der Waals surface area contributed by atoms with Crippen LogP contribution >= 0.6 is 0 Å². The van der Waals surface area contributed by atoms with E-state index >= 15 is 0 Å². The Balaban J connectivity index is 1.61. The van der Waals surface area contributed by atoms with E-state index in [1.54, 1.807) is 0 Å². The fraction of sp³-hybridized carbons (Fsp3) is 0.462. The van der Waals surface area contributed by atoms with Crippen LogP contribution in [0.25, 0.3) is 0 Å². The number of likely N-dealkylation sites (tertiary alicyclic amines) is 1. The van der Waals surface area contributed by atoms with E-state index in [-0.39, 0.29) is 41.2 Å². The van der Waals surface area contributed by atoms with Crippen molar-refractivity contribution in [2.45, 2.75) is 55.4 Å². The van der Waals surface area contributed by atoms with Crippen LogP contribution < -0.4 is 5.32 Å². The number of amides is 2. The summed E-state index contributed by atoms with van der Waals surface area (Å²) in [5.41, 5.74) is -1.10. The number of carbonyl (C=O) groups excluding carboxylic acids is 2. The zero-order valence-electron chi connectivity index (χ0n) is 20.8. The van der Waals surface area contributed by atoms with E-state index in [4.69, 9.17) is 4.74 Å². The van der Waals surface area contributed by atoms with E-state index in [1.165, 1.54) is 29.2 Å². The zero-order valence-corrected chi connectivity index (χ0v) is 21.6. The Bertz CT molecular complexity index is 1330. The first-order valence-electron chi connectivity index (χ1n) is 12.2. The van der Waals surface area contributed by atoms with Crippen molar-refractivity contribution in [2.75, 3.05) is 19.5 Å². The summed E-state index contributed by atoms with van der Waals surface area (Å²) in [5.74, 6) is -2.74. The molecule has 0 spiro atoms. The van der Waals surface area contributed by atoms with Gasteiger partial charge in [-0.3, -0.25) is 9.59 Å². The second kappa shape index (κ2) is 10.6. The number of sulfone groups is 1. The first kappa shape index (κ1) is 28.0. The maximum Gasteiger partial charge on any atom is 0.419 e. The molecule has 0 saturated carbocycles. The number of alkyl halides is 3. The maximum absolute atomic E-state index is 14.3. The van der Waals surface area contributed by atoms with Gasteiger partial charge in [0.25, 0.3) is 5.91 Å². The molecule has 0 aromatic heterocycles. The summed E-state index contributed by atoms with van der Waals surface area (Å²) >= 11 is 0. The summed E-state index contributed by atoms with van der Waals surface area (Å²) in [6.45, 7) is 2.34. The Morgan fingerprint density at radius 3 is 2.39 bits per heavy atom. The molecular weight excluding hydrogens is 528 g/mol. The molecule has 2 aromatic rings. The molecule has 2 aliphatic rings. The summed E-state index contributed by atoms with van der Waals surface area (Å²) < 4.78 is 82.7. The Kier molecular flexibility index (Phi) is 7.85. The normalized spacial score (nSPS) is 21.2. The van der Waals surface area contributed by atoms with Crippen molar-refractivity contribution in [1.29, 1.82) is 0 Å². The number of nitrogens with zero attached hydrogens (tertiary/aromatic N) is 1. The van der Waals surface area contributed by atoms with Gasteiger partial charge in [0, 0.05) is 23.8 Å². The van der Waals surface area contributed by atoms with Crippen LogP contribution in [-0.2, 0) is 25.5 Å². The minimum absolute atomic E-state index is 0.0222. The van der Waals surface area contributed by atoms with Crippen LogP contribution in [0.2, 0.25) is 0 Å². The largest absolute Gasteiger partial charge is 0.419 e. The van der Waals surface area contributed by atoms with Gasteiger partial charge in [-0.2, -0.15) is 13.2 Å². The summed E-state index contributed by atoms with van der Waals surface area (Å²) in [7, 11) is -3.56. The molecule has 0 bridgehead atoms. The molecule has 0 aliphatic carbocycles. The van der Waals surface area contributed by atoms with E-state index < -0.39 is 51.3 Å². The second-order valence-electron chi connectivity index (χ2n) is 9.69. The molecule has 1 N–H and O–H groups in total. The minimum atomic E-state index is -4.85. The molecule has 2 fully saturated rings. The van der Waals surface area contributed by atoms with Gasteiger partial charge in [0.1, 0.15) is 11.9 Å². The van der Waals surface area contributed by atoms with Gasteiger partial charge in [-0.1, -0.05) is 19.1 Å². The monoisotopic (exact) mass is 556 g/mol. The SMILES string of the molecule is CC[C@@H]1CC[C@H](C(=O)NC(c2ccc(C(F)(F)F)c(F)c2)C2COC2)N1C(=O)c1cccc(S(C)(=O)=O)c1. The molecule has 2 aromatic carbocycles. The number of benzene rings is 2. The Hall–Kier alpha value is -2.99. The Morgan fingerprint density at radius 1 is 1.13 bits per heavy atom. The van der Waals surface area contributed by atoms with Crippen LogP contribution in [0.4, 0.5) is 17.6 Å². The van der Waals surface area contributed by atoms with Crippen LogP contribution in [-0.4, -0.2) is 56.7 Å². The average Bonchev–Trinajstić information content (AvgIpc) is 3.25. The van der Waals surface area contributed by atoms with E-state index in [1.807, 2.05) is 6.92 Å². The van der Waals surface area contributed by atoms with Crippen molar-refractivity contribution in [3.05, 3.63) is 65.0 Å². The Labute approximate surface area is 218 Å². The number of halogens is 4. The van der Waals surface area contributed by atoms with Crippen molar-refractivity contribution in [3.63, 3.8) is 0 Å². The molecule has 206 valence electrons. The third-order valence-electron chi connectivity index (χ3n) is 7.11. The van der Waals surface area contributed by atoms with Crippen molar-refractivity contribution in [3.8, 4) is 0 Å². The first-order valence-corrected chi connectivity index (χ1v) is 14.1. The zero-order chi connectivity index (χ0) is 27.8. The van der Waals surface area contributed by atoms with Crippen LogP contribution in [0.3, 0.4) is 0 Å². The lowest BCUT2D eigenvalue weighted by Gasteiger charge is -2.36. The average molecular weight is 557 g/mol. The van der Waals surface area contributed by atoms with Gasteiger partial charge >= 0.3 is 6.18 Å². The van der Waals surface area contributed by atoms with Gasteiger partial charge < -0.3 is 15.0 Å². The first-order chi connectivity index (χ1) is 17.8. The summed E-state index contributed by atoms with van der Waals surface area (Å²) in [5, 5.41) is 2.82. The van der Waals surface area contributed by atoms with Gasteiger partial charge in [0.15, 0.2) is 9.84 Å². The van der Waals surface area contributed by atoms with E-state index in [0.717, 1.165) is 18.4 Å². The van der Waals surface area contributed by atoms with E-state index in [2.05, 4.69) is 5.32 Å². The highest BCUT2D eigenvalue weighted by molar-refractivity contribution is 7.90. The molecule has 2 saturated heterocycles. The van der Waals surface area contributed by atoms with Crippen molar-refractivity contribution < 1.29 is 40.3 Å². The summed E-state index contributed by atoms with van der Waals surface area (Å²) in [6.07, 6.45) is -2.37. The molecule has 2 heterocycles. The van der Waals surface area contributed by atoms with Crippen molar-refractivity contribution in [2.24, 2.45) is 5.92 Å². The van der Waals surface area contributed by atoms with Gasteiger partial charge in [-0.25, -0.2) is 12.8 Å². The second-order valence-corrected chi connectivity index (χ2v) is 11.7. The number of nitrogens with one attached hydrogen (secondary N) is 1. The molecule has 1 unspecified atom stereocenters. The highest BCUT2D eigenvalue weighted by atomic mass is 32.2. The quantitative estimate of drug-likeness (QED) is 0.518. The molecule has 2 amide bonds. The number of rotatable bonds is 7. The van der Waals surface area contributed by atoms with E-state index in [9.17, 15) is 35.6 Å². The highest BCUT2D eigenvalue weighted by Crippen LogP contribution is 2.36. The van der Waals surface area contributed by atoms with Gasteiger partial charge in [-0.15, -0.1) is 0 Å². The standard InChI is InChI=1S/C26H28F4N2O5S/c1-3-18-8-10-22(32(18)25(34)16-5-4-6-19(11-16)38(2,35)36)24(33)31-23(17-13-37-14-17)15-7-9-20(21(27)12-15)26(28,29)30/h4-7,9,11-12,17-18,22-23H,3,8,10,13-14H2,1-2H3,(H,31,33)/t18-,22-,23?/m1/s1. The third-order valence-corrected chi connectivity index (χ3v) is 8.22. The molecule has 2 aliphatic heterocycles. The van der Waals surface area contributed by atoms with Gasteiger partial charge in [0.2, 0.25) is 5.91 Å². The highest BCUT2D eigenvalue weighted by Gasteiger charge is 2.43. The molecule has 7 nitrogen and oxygen atoms in total. The fourth-order valence-corrected chi connectivity index (χ4v) is 5.65. The van der Waals surface area contributed by atoms with Crippen molar-refractivity contribution in [1.82, 2.24) is 10.2 Å². The number of carbonyl (C=O) groups is 2. The van der Waals surface area contributed by atoms with Gasteiger partial charge in [-0.05, 0) is 55.2 Å². The Morgan fingerprint density at radius 2 is 1.84 bits per heavy atom. The van der Waals surface area contributed by atoms with E-state index in [0.29, 0.717) is 25.3 Å². The number of hydrogen-bond acceptors (Lipinski definition) is 5. The van der Waals surface area contributed by atoms with Gasteiger partial charge in [0.05, 0.1) is 29.7 Å². The smallest absolute Gasteiger partial charge is 0.381 e.